The lowest BCUT2D eigenvalue weighted by Gasteiger charge is -2.30. The van der Waals surface area contributed by atoms with Gasteiger partial charge in [0.25, 0.3) is 0 Å². The molecule has 0 saturated heterocycles. The Hall–Kier alpha value is -1.44. The van der Waals surface area contributed by atoms with E-state index in [4.69, 9.17) is 9.47 Å². The van der Waals surface area contributed by atoms with Gasteiger partial charge in [-0.3, -0.25) is 0 Å². The summed E-state index contributed by atoms with van der Waals surface area (Å²) in [6, 6.07) is 4.17. The second kappa shape index (κ2) is 4.04. The number of benzene rings is 1. The van der Waals surface area contributed by atoms with Crippen molar-refractivity contribution in [3.8, 4) is 11.5 Å². The molecule has 0 aromatic heterocycles. The van der Waals surface area contributed by atoms with Gasteiger partial charge in [0.15, 0.2) is 0 Å². The molecule has 18 heavy (non-hydrogen) atoms. The zero-order valence-corrected chi connectivity index (χ0v) is 12.1. The predicted octanol–water partition coefficient (Wildman–Crippen LogP) is 4.18. The molecule has 2 heteroatoms. The van der Waals surface area contributed by atoms with Crippen molar-refractivity contribution in [3.05, 3.63) is 29.3 Å². The number of hydrogen-bond donors (Lipinski definition) is 0. The molecule has 1 aromatic rings. The number of hydrogen-bond acceptors (Lipinski definition) is 2. The first-order valence-electron chi connectivity index (χ1n) is 6.34. The Balaban J connectivity index is 2.56. The molecule has 0 unspecified atom stereocenters. The summed E-state index contributed by atoms with van der Waals surface area (Å²) < 4.78 is 11.5. The van der Waals surface area contributed by atoms with Gasteiger partial charge in [-0.05, 0) is 31.4 Å². The van der Waals surface area contributed by atoms with Crippen LogP contribution in [0.3, 0.4) is 0 Å². The van der Waals surface area contributed by atoms with Gasteiger partial charge in [0, 0.05) is 17.2 Å². The van der Waals surface area contributed by atoms with Gasteiger partial charge in [-0.1, -0.05) is 26.8 Å². The van der Waals surface area contributed by atoms with Crippen molar-refractivity contribution in [1.29, 1.82) is 0 Å². The van der Waals surface area contributed by atoms with Crippen LogP contribution in [0, 0.1) is 0 Å². The van der Waals surface area contributed by atoms with Gasteiger partial charge in [0.2, 0.25) is 0 Å². The molecule has 2 nitrogen and oxygen atoms in total. The summed E-state index contributed by atoms with van der Waals surface area (Å²) in [5.74, 6) is 1.79. The second-order valence-electron chi connectivity index (χ2n) is 6.38. The Bertz CT molecular complexity index is 491. The second-order valence-corrected chi connectivity index (χ2v) is 6.38. The maximum atomic E-state index is 5.96. The number of rotatable bonds is 1. The Morgan fingerprint density at radius 2 is 1.83 bits per heavy atom. The highest BCUT2D eigenvalue weighted by Gasteiger charge is 2.26. The summed E-state index contributed by atoms with van der Waals surface area (Å²) in [6.45, 7) is 10.7. The molecule has 1 aliphatic heterocycles. The maximum absolute atomic E-state index is 5.96. The SMILES string of the molecule is COc1cc2c(cc1C(C)(C)C)C=CC(C)(C)O2. The van der Waals surface area contributed by atoms with Crippen LogP contribution in [0.2, 0.25) is 0 Å². The molecule has 0 aliphatic carbocycles. The third-order valence-corrected chi connectivity index (χ3v) is 3.18. The lowest BCUT2D eigenvalue weighted by Crippen LogP contribution is -2.27. The van der Waals surface area contributed by atoms with E-state index < -0.39 is 0 Å². The molecule has 98 valence electrons. The highest BCUT2D eigenvalue weighted by atomic mass is 16.5. The monoisotopic (exact) mass is 246 g/mol. The number of fused-ring (bicyclic) bond motifs is 1. The molecule has 0 atom stereocenters. The zero-order valence-electron chi connectivity index (χ0n) is 12.1. The molecule has 0 saturated carbocycles. The Morgan fingerprint density at radius 1 is 1.17 bits per heavy atom. The van der Waals surface area contributed by atoms with Gasteiger partial charge in [0.1, 0.15) is 17.1 Å². The minimum Gasteiger partial charge on any atom is -0.496 e. The van der Waals surface area contributed by atoms with Gasteiger partial charge >= 0.3 is 0 Å². The molecule has 0 spiro atoms. The van der Waals surface area contributed by atoms with E-state index in [1.165, 1.54) is 5.56 Å². The van der Waals surface area contributed by atoms with E-state index in [1.54, 1.807) is 7.11 Å². The molecule has 1 heterocycles. The van der Waals surface area contributed by atoms with Gasteiger partial charge in [-0.25, -0.2) is 0 Å². The standard InChI is InChI=1S/C16H22O2/c1-15(2,3)12-9-11-7-8-16(4,5)18-13(11)10-14(12)17-6/h7-10H,1-6H3. The first kappa shape index (κ1) is 13.0. The minimum absolute atomic E-state index is 0.0567. The highest BCUT2D eigenvalue weighted by Crippen LogP contribution is 2.40. The summed E-state index contributed by atoms with van der Waals surface area (Å²) >= 11 is 0. The van der Waals surface area contributed by atoms with Crippen molar-refractivity contribution in [1.82, 2.24) is 0 Å². The van der Waals surface area contributed by atoms with Crippen LogP contribution in [0.15, 0.2) is 18.2 Å². The van der Waals surface area contributed by atoms with Crippen molar-refractivity contribution in [3.63, 3.8) is 0 Å². The van der Waals surface area contributed by atoms with Gasteiger partial charge in [-0.2, -0.15) is 0 Å². The summed E-state index contributed by atoms with van der Waals surface area (Å²) in [6.07, 6.45) is 4.22. The molecule has 0 N–H and O–H groups in total. The summed E-state index contributed by atoms with van der Waals surface area (Å²) in [5.41, 5.74) is 2.14. The van der Waals surface area contributed by atoms with Crippen LogP contribution in [0.1, 0.15) is 45.7 Å². The predicted molar refractivity (Wildman–Crippen MR) is 75.4 cm³/mol. The van der Waals surface area contributed by atoms with E-state index in [0.29, 0.717) is 0 Å². The van der Waals surface area contributed by atoms with E-state index in [0.717, 1.165) is 17.1 Å². The normalized spacial score (nSPS) is 17.0. The van der Waals surface area contributed by atoms with Crippen molar-refractivity contribution >= 4 is 6.08 Å². The summed E-state index contributed by atoms with van der Waals surface area (Å²) in [5, 5.41) is 0. The Kier molecular flexibility index (Phi) is 2.92. The fourth-order valence-corrected chi connectivity index (χ4v) is 2.16. The van der Waals surface area contributed by atoms with Crippen LogP contribution >= 0.6 is 0 Å². The Morgan fingerprint density at radius 3 is 2.39 bits per heavy atom. The van der Waals surface area contributed by atoms with Crippen LogP contribution in [-0.2, 0) is 5.41 Å². The maximum Gasteiger partial charge on any atom is 0.131 e. The van der Waals surface area contributed by atoms with E-state index in [2.05, 4.69) is 52.8 Å². The molecule has 1 aromatic carbocycles. The smallest absolute Gasteiger partial charge is 0.131 e. The third kappa shape index (κ3) is 2.38. The average molecular weight is 246 g/mol. The first-order chi connectivity index (χ1) is 8.23. The highest BCUT2D eigenvalue weighted by molar-refractivity contribution is 5.65. The van der Waals surface area contributed by atoms with Crippen LogP contribution < -0.4 is 9.47 Å². The molecular weight excluding hydrogens is 224 g/mol. The van der Waals surface area contributed by atoms with Crippen LogP contribution in [0.4, 0.5) is 0 Å². The van der Waals surface area contributed by atoms with E-state index in [9.17, 15) is 0 Å². The third-order valence-electron chi connectivity index (χ3n) is 3.18. The first-order valence-corrected chi connectivity index (χ1v) is 6.34. The lowest BCUT2D eigenvalue weighted by atomic mass is 9.84. The summed E-state index contributed by atoms with van der Waals surface area (Å²) in [4.78, 5) is 0. The quantitative estimate of drug-likeness (QED) is 0.740. The van der Waals surface area contributed by atoms with Crippen molar-refractivity contribution in [2.75, 3.05) is 7.11 Å². The van der Waals surface area contributed by atoms with Crippen molar-refractivity contribution in [2.24, 2.45) is 0 Å². The van der Waals surface area contributed by atoms with Crippen LogP contribution in [0.5, 0.6) is 11.5 Å². The van der Waals surface area contributed by atoms with Crippen molar-refractivity contribution < 1.29 is 9.47 Å². The van der Waals surface area contributed by atoms with E-state index >= 15 is 0 Å². The molecule has 0 bridgehead atoms. The van der Waals surface area contributed by atoms with Gasteiger partial charge in [0.05, 0.1) is 7.11 Å². The topological polar surface area (TPSA) is 18.5 Å². The lowest BCUT2D eigenvalue weighted by molar-refractivity contribution is 0.158. The van der Waals surface area contributed by atoms with E-state index in [1.807, 2.05) is 6.07 Å². The molecule has 0 radical (unpaired) electrons. The number of methoxy groups -OCH3 is 1. The van der Waals surface area contributed by atoms with Gasteiger partial charge < -0.3 is 9.47 Å². The van der Waals surface area contributed by atoms with E-state index in [-0.39, 0.29) is 11.0 Å². The summed E-state index contributed by atoms with van der Waals surface area (Å²) in [7, 11) is 1.71. The van der Waals surface area contributed by atoms with Crippen molar-refractivity contribution in [2.45, 2.75) is 45.6 Å². The van der Waals surface area contributed by atoms with Gasteiger partial charge in [-0.15, -0.1) is 0 Å². The molecule has 2 rings (SSSR count). The van der Waals surface area contributed by atoms with Crippen LogP contribution in [-0.4, -0.2) is 12.7 Å². The average Bonchev–Trinajstić information content (AvgIpc) is 2.24. The Labute approximate surface area is 110 Å². The molecule has 1 aliphatic rings. The van der Waals surface area contributed by atoms with Crippen LogP contribution in [0.25, 0.3) is 6.08 Å². The molecule has 0 fully saturated rings. The fraction of sp³-hybridized carbons (Fsp3) is 0.500. The molecular formula is C16H22O2. The number of ether oxygens (including phenoxy) is 2. The minimum atomic E-state index is -0.249. The largest absolute Gasteiger partial charge is 0.496 e. The zero-order chi connectivity index (χ0) is 13.6. The fourth-order valence-electron chi connectivity index (χ4n) is 2.16. The molecule has 0 amide bonds.